The summed E-state index contributed by atoms with van der Waals surface area (Å²) in [4.78, 5) is 13.9. The lowest BCUT2D eigenvalue weighted by molar-refractivity contribution is -0.137. The van der Waals surface area contributed by atoms with Crippen LogP contribution in [0.3, 0.4) is 0 Å². The lowest BCUT2D eigenvalue weighted by atomic mass is 10.2. The second-order valence-corrected chi connectivity index (χ2v) is 9.70. The standard InChI is InChI=1S/C17H19ClN2O4S2/c18-15-6-7-17(25-15)26(22,23)20-10-8-19(9-11-20)16(21)13-24-12-14-4-2-1-3-5-14/h1-7H,8-13H2. The molecule has 1 aliphatic rings. The number of benzene rings is 1. The highest BCUT2D eigenvalue weighted by molar-refractivity contribution is 7.91. The molecule has 9 heteroatoms. The summed E-state index contributed by atoms with van der Waals surface area (Å²) in [6.07, 6.45) is 0. The highest BCUT2D eigenvalue weighted by Crippen LogP contribution is 2.28. The van der Waals surface area contributed by atoms with Crippen molar-refractivity contribution in [3.63, 3.8) is 0 Å². The van der Waals surface area contributed by atoms with Crippen LogP contribution in [0, 0.1) is 0 Å². The Morgan fingerprint density at radius 1 is 1.08 bits per heavy atom. The number of thiophene rings is 1. The zero-order chi connectivity index (χ0) is 18.6. The van der Waals surface area contributed by atoms with Gasteiger partial charge in [-0.2, -0.15) is 4.31 Å². The van der Waals surface area contributed by atoms with E-state index in [1.807, 2.05) is 30.3 Å². The van der Waals surface area contributed by atoms with Crippen LogP contribution in [0.4, 0.5) is 0 Å². The lowest BCUT2D eigenvalue weighted by Crippen LogP contribution is -2.51. The second-order valence-electron chi connectivity index (χ2n) is 5.82. The first-order valence-corrected chi connectivity index (χ1v) is 10.8. The minimum absolute atomic E-state index is 0.0117. The number of sulfonamides is 1. The van der Waals surface area contributed by atoms with E-state index in [2.05, 4.69) is 0 Å². The third kappa shape index (κ3) is 4.63. The van der Waals surface area contributed by atoms with E-state index in [0.29, 0.717) is 24.0 Å². The van der Waals surface area contributed by atoms with Crippen molar-refractivity contribution in [2.75, 3.05) is 32.8 Å². The maximum atomic E-state index is 12.6. The number of nitrogens with zero attached hydrogens (tertiary/aromatic N) is 2. The summed E-state index contributed by atoms with van der Waals surface area (Å²) in [5.41, 5.74) is 1.01. The normalized spacial score (nSPS) is 16.0. The average Bonchev–Trinajstić information content (AvgIpc) is 3.10. The molecule has 1 aromatic carbocycles. The zero-order valence-corrected chi connectivity index (χ0v) is 16.4. The van der Waals surface area contributed by atoms with Gasteiger partial charge in [-0.25, -0.2) is 8.42 Å². The molecule has 0 N–H and O–H groups in total. The SMILES string of the molecule is O=C(COCc1ccccc1)N1CCN(S(=O)(=O)c2ccc(Cl)s2)CC1. The van der Waals surface area contributed by atoms with Crippen LogP contribution in [0.2, 0.25) is 4.34 Å². The predicted molar refractivity (Wildman–Crippen MR) is 101 cm³/mol. The van der Waals surface area contributed by atoms with Gasteiger partial charge in [-0.3, -0.25) is 4.79 Å². The highest BCUT2D eigenvalue weighted by atomic mass is 35.5. The van der Waals surface area contributed by atoms with Crippen molar-refractivity contribution < 1.29 is 17.9 Å². The molecule has 1 fully saturated rings. The monoisotopic (exact) mass is 414 g/mol. The van der Waals surface area contributed by atoms with Crippen molar-refractivity contribution in [1.29, 1.82) is 0 Å². The van der Waals surface area contributed by atoms with Gasteiger partial charge in [0.1, 0.15) is 10.8 Å². The first kappa shape index (κ1) is 19.3. The average molecular weight is 415 g/mol. The fourth-order valence-electron chi connectivity index (χ4n) is 2.66. The Bertz CT molecular complexity index is 847. The van der Waals surface area contributed by atoms with Crippen LogP contribution in [0.25, 0.3) is 0 Å². The van der Waals surface area contributed by atoms with Crippen molar-refractivity contribution in [2.24, 2.45) is 0 Å². The molecule has 1 aliphatic heterocycles. The number of carbonyl (C=O) groups is 1. The fourth-order valence-corrected chi connectivity index (χ4v) is 5.72. The Morgan fingerprint density at radius 2 is 1.77 bits per heavy atom. The van der Waals surface area contributed by atoms with Crippen LogP contribution in [0.5, 0.6) is 0 Å². The van der Waals surface area contributed by atoms with Crippen molar-refractivity contribution >= 4 is 38.9 Å². The molecule has 0 saturated carbocycles. The number of halogens is 1. The van der Waals surface area contributed by atoms with Crippen LogP contribution in [0.15, 0.2) is 46.7 Å². The van der Waals surface area contributed by atoms with E-state index in [1.165, 1.54) is 10.4 Å². The van der Waals surface area contributed by atoms with Gasteiger partial charge in [-0.05, 0) is 17.7 Å². The van der Waals surface area contributed by atoms with Gasteiger partial charge in [-0.1, -0.05) is 41.9 Å². The smallest absolute Gasteiger partial charge is 0.252 e. The molecule has 0 radical (unpaired) electrons. The van der Waals surface area contributed by atoms with Gasteiger partial charge in [0, 0.05) is 26.2 Å². The van der Waals surface area contributed by atoms with Crippen molar-refractivity contribution in [3.05, 3.63) is 52.4 Å². The molecule has 1 saturated heterocycles. The Morgan fingerprint density at radius 3 is 2.38 bits per heavy atom. The molecule has 2 aromatic rings. The Hall–Kier alpha value is -1.45. The number of ether oxygens (including phenoxy) is 1. The van der Waals surface area contributed by atoms with Crippen LogP contribution in [-0.2, 0) is 26.2 Å². The topological polar surface area (TPSA) is 66.9 Å². The molecule has 0 unspecified atom stereocenters. The highest BCUT2D eigenvalue weighted by Gasteiger charge is 2.31. The lowest BCUT2D eigenvalue weighted by Gasteiger charge is -2.33. The van der Waals surface area contributed by atoms with Gasteiger partial charge >= 0.3 is 0 Å². The summed E-state index contributed by atoms with van der Waals surface area (Å²) < 4.78 is 32.6. The Labute approximate surface area is 162 Å². The van der Waals surface area contributed by atoms with Gasteiger partial charge in [0.2, 0.25) is 5.91 Å². The van der Waals surface area contributed by atoms with E-state index < -0.39 is 10.0 Å². The van der Waals surface area contributed by atoms with Crippen LogP contribution >= 0.6 is 22.9 Å². The number of hydrogen-bond acceptors (Lipinski definition) is 5. The number of piperazine rings is 1. The summed E-state index contributed by atoms with van der Waals surface area (Å²) in [5.74, 6) is -0.128. The molecule has 26 heavy (non-hydrogen) atoms. The van der Waals surface area contributed by atoms with E-state index in [0.717, 1.165) is 16.9 Å². The molecule has 140 valence electrons. The molecule has 1 amide bonds. The van der Waals surface area contributed by atoms with Crippen LogP contribution < -0.4 is 0 Å². The molecule has 3 rings (SSSR count). The van der Waals surface area contributed by atoms with E-state index in [1.54, 1.807) is 11.0 Å². The molecule has 0 atom stereocenters. The second kappa shape index (κ2) is 8.49. The Kier molecular flexibility index (Phi) is 6.31. The molecule has 0 spiro atoms. The van der Waals surface area contributed by atoms with Crippen LogP contribution in [-0.4, -0.2) is 56.3 Å². The zero-order valence-electron chi connectivity index (χ0n) is 14.0. The van der Waals surface area contributed by atoms with Crippen molar-refractivity contribution in [1.82, 2.24) is 9.21 Å². The molecule has 0 aliphatic carbocycles. The first-order chi connectivity index (χ1) is 12.5. The summed E-state index contributed by atoms with van der Waals surface area (Å²) in [5, 5.41) is 0. The van der Waals surface area contributed by atoms with Gasteiger partial charge in [0.25, 0.3) is 10.0 Å². The Balaban J connectivity index is 1.48. The number of amides is 1. The summed E-state index contributed by atoms with van der Waals surface area (Å²) in [6, 6.07) is 12.7. The van der Waals surface area contributed by atoms with Crippen LogP contribution in [0.1, 0.15) is 5.56 Å². The van der Waals surface area contributed by atoms with E-state index in [9.17, 15) is 13.2 Å². The van der Waals surface area contributed by atoms with Gasteiger partial charge in [-0.15, -0.1) is 11.3 Å². The number of rotatable bonds is 6. The maximum absolute atomic E-state index is 12.6. The third-order valence-corrected chi connectivity index (χ3v) is 7.67. The minimum atomic E-state index is -3.55. The molecular weight excluding hydrogens is 396 g/mol. The van der Waals surface area contributed by atoms with E-state index in [-0.39, 0.29) is 29.8 Å². The molecule has 6 nitrogen and oxygen atoms in total. The summed E-state index contributed by atoms with van der Waals surface area (Å²) in [6.45, 7) is 1.60. The summed E-state index contributed by atoms with van der Waals surface area (Å²) >= 11 is 6.87. The van der Waals surface area contributed by atoms with Crippen molar-refractivity contribution in [3.8, 4) is 0 Å². The minimum Gasteiger partial charge on any atom is -0.367 e. The number of carbonyl (C=O) groups excluding carboxylic acids is 1. The summed E-state index contributed by atoms with van der Waals surface area (Å²) in [7, 11) is -3.55. The number of hydrogen-bond donors (Lipinski definition) is 0. The van der Waals surface area contributed by atoms with E-state index >= 15 is 0 Å². The first-order valence-electron chi connectivity index (χ1n) is 8.12. The van der Waals surface area contributed by atoms with Gasteiger partial charge in [0.15, 0.2) is 0 Å². The van der Waals surface area contributed by atoms with Gasteiger partial charge < -0.3 is 9.64 Å². The predicted octanol–water partition coefficient (Wildman–Crippen LogP) is 2.45. The quantitative estimate of drug-likeness (QED) is 0.728. The molecule has 1 aromatic heterocycles. The third-order valence-electron chi connectivity index (χ3n) is 4.07. The van der Waals surface area contributed by atoms with Gasteiger partial charge in [0.05, 0.1) is 10.9 Å². The molecule has 0 bridgehead atoms. The molecular formula is C17H19ClN2O4S2. The maximum Gasteiger partial charge on any atom is 0.252 e. The van der Waals surface area contributed by atoms with E-state index in [4.69, 9.17) is 16.3 Å². The van der Waals surface area contributed by atoms with Crippen molar-refractivity contribution in [2.45, 2.75) is 10.8 Å². The fraction of sp³-hybridized carbons (Fsp3) is 0.353. The molecule has 2 heterocycles. The largest absolute Gasteiger partial charge is 0.367 e.